The van der Waals surface area contributed by atoms with E-state index in [4.69, 9.17) is 5.73 Å². The molecule has 36 valence electrons. The maximum Gasteiger partial charge on any atom is 0 e. The monoisotopic (exact) mass is 163 g/mol. The molecule has 0 atom stereocenters. The van der Waals surface area contributed by atoms with Crippen molar-refractivity contribution in [3.63, 3.8) is 0 Å². The molecule has 0 spiro atoms. The van der Waals surface area contributed by atoms with E-state index in [9.17, 15) is 0 Å². The van der Waals surface area contributed by atoms with Gasteiger partial charge in [0.1, 0.15) is 0 Å². The van der Waals surface area contributed by atoms with Crippen LogP contribution in [0.25, 0.3) is 0 Å². The van der Waals surface area contributed by atoms with Gasteiger partial charge in [-0.15, -0.1) is 0 Å². The summed E-state index contributed by atoms with van der Waals surface area (Å²) in [6.07, 6.45) is 2.39. The molecule has 6 heavy (non-hydrogen) atoms. The first-order valence-corrected chi connectivity index (χ1v) is 2.12. The summed E-state index contributed by atoms with van der Waals surface area (Å²) in [5, 5.41) is 0. The van der Waals surface area contributed by atoms with Crippen LogP contribution in [0, 0.1) is 0 Å². The fraction of sp³-hybridized carbons (Fsp3) is 1.00. The third-order valence-corrected chi connectivity index (χ3v) is 0.558. The van der Waals surface area contributed by atoms with E-state index >= 15 is 0 Å². The van der Waals surface area contributed by atoms with Crippen LogP contribution in [0.5, 0.6) is 0 Å². The molecular formula is C4H11NZr. The second-order valence-electron chi connectivity index (χ2n) is 1.14. The number of hydrogen-bond donors (Lipinski definition) is 1. The van der Waals surface area contributed by atoms with Gasteiger partial charge in [0, 0.05) is 26.2 Å². The van der Waals surface area contributed by atoms with Gasteiger partial charge in [-0.2, -0.15) is 0 Å². The Labute approximate surface area is 58.4 Å². The van der Waals surface area contributed by atoms with Crippen LogP contribution in [-0.2, 0) is 26.2 Å². The summed E-state index contributed by atoms with van der Waals surface area (Å²) in [5.74, 6) is 0. The van der Waals surface area contributed by atoms with Gasteiger partial charge in [0.05, 0.1) is 0 Å². The molecule has 0 radical (unpaired) electrons. The molecule has 0 fully saturated rings. The minimum absolute atomic E-state index is 0. The molecule has 0 bridgehead atoms. The van der Waals surface area contributed by atoms with Crippen molar-refractivity contribution >= 4 is 0 Å². The Hall–Kier alpha value is 0.843. The zero-order chi connectivity index (χ0) is 4.12. The molecule has 1 nitrogen and oxygen atoms in total. The molecule has 0 aromatic heterocycles. The van der Waals surface area contributed by atoms with E-state index < -0.39 is 0 Å². The van der Waals surface area contributed by atoms with Crippen molar-refractivity contribution in [1.82, 2.24) is 0 Å². The minimum Gasteiger partial charge on any atom is -0.330 e. The van der Waals surface area contributed by atoms with Crippen LogP contribution in [0.3, 0.4) is 0 Å². The van der Waals surface area contributed by atoms with Gasteiger partial charge in [-0.3, -0.25) is 0 Å². The number of nitrogens with two attached hydrogens (primary N) is 1. The first-order chi connectivity index (χ1) is 2.41. The third-order valence-electron chi connectivity index (χ3n) is 0.558. The Morgan fingerprint density at radius 2 is 2.00 bits per heavy atom. The van der Waals surface area contributed by atoms with Gasteiger partial charge in [-0.1, -0.05) is 13.3 Å². The van der Waals surface area contributed by atoms with E-state index in [2.05, 4.69) is 6.92 Å². The van der Waals surface area contributed by atoms with Crippen LogP contribution >= 0.6 is 0 Å². The van der Waals surface area contributed by atoms with E-state index in [0.717, 1.165) is 6.54 Å². The molecule has 0 aliphatic carbocycles. The molecule has 0 aliphatic rings. The summed E-state index contributed by atoms with van der Waals surface area (Å²) in [6.45, 7) is 2.98. The van der Waals surface area contributed by atoms with E-state index in [1.807, 2.05) is 0 Å². The summed E-state index contributed by atoms with van der Waals surface area (Å²) in [7, 11) is 0. The predicted molar refractivity (Wildman–Crippen MR) is 24.0 cm³/mol. The molecular weight excluding hydrogens is 153 g/mol. The Bertz CT molecular complexity index is 15.0. The molecule has 0 unspecified atom stereocenters. The Balaban J connectivity index is 0. The van der Waals surface area contributed by atoms with Crippen LogP contribution in [0.15, 0.2) is 0 Å². The maximum atomic E-state index is 5.14. The van der Waals surface area contributed by atoms with Crippen LogP contribution in [0.4, 0.5) is 0 Å². The fourth-order valence-electron chi connectivity index (χ4n) is 0.204. The summed E-state index contributed by atoms with van der Waals surface area (Å²) < 4.78 is 0. The molecule has 2 N–H and O–H groups in total. The van der Waals surface area contributed by atoms with Crippen molar-refractivity contribution in [2.75, 3.05) is 6.54 Å². The summed E-state index contributed by atoms with van der Waals surface area (Å²) in [6, 6.07) is 0. The Morgan fingerprint density at radius 3 is 2.00 bits per heavy atom. The first-order valence-electron chi connectivity index (χ1n) is 2.12. The molecule has 0 rings (SSSR count). The molecule has 0 saturated heterocycles. The smallest absolute Gasteiger partial charge is 0 e. The summed E-state index contributed by atoms with van der Waals surface area (Å²) in [5.41, 5.74) is 5.14. The fourth-order valence-corrected chi connectivity index (χ4v) is 0.204. The van der Waals surface area contributed by atoms with Gasteiger partial charge in [-0.25, -0.2) is 0 Å². The number of hydrogen-bond acceptors (Lipinski definition) is 1. The van der Waals surface area contributed by atoms with Gasteiger partial charge in [-0.05, 0) is 13.0 Å². The summed E-state index contributed by atoms with van der Waals surface area (Å²) >= 11 is 0. The molecule has 0 heterocycles. The second-order valence-corrected chi connectivity index (χ2v) is 1.14. The Kier molecular flexibility index (Phi) is 15.4. The minimum atomic E-state index is 0. The second kappa shape index (κ2) is 9.28. The van der Waals surface area contributed by atoms with Crippen molar-refractivity contribution in [2.45, 2.75) is 19.8 Å². The summed E-state index contributed by atoms with van der Waals surface area (Å²) in [4.78, 5) is 0. The van der Waals surface area contributed by atoms with Crippen LogP contribution in [0.1, 0.15) is 19.8 Å². The van der Waals surface area contributed by atoms with Gasteiger partial charge in [0.25, 0.3) is 0 Å². The number of rotatable bonds is 2. The van der Waals surface area contributed by atoms with Crippen molar-refractivity contribution in [3.8, 4) is 0 Å². The average Bonchev–Trinajstić information content (AvgIpc) is 1.41. The molecule has 0 aromatic rings. The molecule has 0 aliphatic heterocycles. The molecule has 0 saturated carbocycles. The zero-order valence-electron chi connectivity index (χ0n) is 4.20. The van der Waals surface area contributed by atoms with Gasteiger partial charge < -0.3 is 5.73 Å². The molecule has 0 aromatic carbocycles. The van der Waals surface area contributed by atoms with E-state index in [1.54, 1.807) is 0 Å². The third kappa shape index (κ3) is 8.85. The van der Waals surface area contributed by atoms with Crippen LogP contribution in [-0.4, -0.2) is 6.54 Å². The molecule has 2 heteroatoms. The maximum absolute atomic E-state index is 5.14. The van der Waals surface area contributed by atoms with E-state index in [-0.39, 0.29) is 26.2 Å². The van der Waals surface area contributed by atoms with Gasteiger partial charge in [0.15, 0.2) is 0 Å². The molecule has 0 amide bonds. The van der Waals surface area contributed by atoms with Gasteiger partial charge in [0.2, 0.25) is 0 Å². The largest absolute Gasteiger partial charge is 0.330 e. The van der Waals surface area contributed by atoms with Crippen molar-refractivity contribution in [2.24, 2.45) is 5.73 Å². The van der Waals surface area contributed by atoms with Crippen molar-refractivity contribution < 1.29 is 26.2 Å². The zero-order valence-corrected chi connectivity index (χ0v) is 6.66. The van der Waals surface area contributed by atoms with E-state index in [0.29, 0.717) is 0 Å². The predicted octanol–water partition coefficient (Wildman–Crippen LogP) is 0.743. The van der Waals surface area contributed by atoms with Crippen molar-refractivity contribution in [1.29, 1.82) is 0 Å². The van der Waals surface area contributed by atoms with Crippen LogP contribution < -0.4 is 5.73 Å². The normalized spacial score (nSPS) is 7.00. The Morgan fingerprint density at radius 1 is 1.50 bits per heavy atom. The van der Waals surface area contributed by atoms with Crippen LogP contribution in [0.2, 0.25) is 0 Å². The number of unbranched alkanes of at least 4 members (excludes halogenated alkanes) is 1. The van der Waals surface area contributed by atoms with Gasteiger partial charge >= 0.3 is 0 Å². The average molecular weight is 164 g/mol. The van der Waals surface area contributed by atoms with Crippen molar-refractivity contribution in [3.05, 3.63) is 0 Å². The van der Waals surface area contributed by atoms with E-state index in [1.165, 1.54) is 12.8 Å². The topological polar surface area (TPSA) is 26.0 Å². The standard InChI is InChI=1S/C4H11N.Zr/c1-2-3-4-5;/h2-5H2,1H3;. The quantitative estimate of drug-likeness (QED) is 0.640. The SMILES string of the molecule is CCCCN.[Zr]. The first kappa shape index (κ1) is 9.96.